The highest BCUT2D eigenvalue weighted by atomic mass is 16.4. The highest BCUT2D eigenvalue weighted by molar-refractivity contribution is 6.17. The second-order valence-corrected chi connectivity index (χ2v) is 1.71. The molecule has 1 aliphatic heterocycles. The molecule has 1 aliphatic rings. The van der Waals surface area contributed by atoms with Gasteiger partial charge in [0.15, 0.2) is 0 Å². The first-order chi connectivity index (χ1) is 4.62. The third kappa shape index (κ3) is 1.29. The van der Waals surface area contributed by atoms with Gasteiger partial charge in [0.25, 0.3) is 5.91 Å². The largest absolute Gasteiger partial charge is 0.465 e. The third-order valence-electron chi connectivity index (χ3n) is 0.900. The fourth-order valence-electron chi connectivity index (χ4n) is 0.549. The van der Waals surface area contributed by atoms with Crippen molar-refractivity contribution >= 4 is 18.5 Å². The van der Waals surface area contributed by atoms with E-state index < -0.39 is 12.0 Å². The zero-order chi connectivity index (χ0) is 7.61. The van der Waals surface area contributed by atoms with Crippen LogP contribution in [0.4, 0.5) is 4.79 Å². The molecule has 0 bridgehead atoms. The second kappa shape index (κ2) is 2.07. The molecule has 0 atom stereocenters. The van der Waals surface area contributed by atoms with Gasteiger partial charge in [0.2, 0.25) is 0 Å². The van der Waals surface area contributed by atoms with Gasteiger partial charge < -0.3 is 5.11 Å². The molecule has 0 aromatic heterocycles. The molecule has 10 heavy (non-hydrogen) atoms. The average molecular weight is 142 g/mol. The van der Waals surface area contributed by atoms with Gasteiger partial charge in [-0.1, -0.05) is 0 Å². The SMILES string of the molecule is NC1(NC(=O)O)N=CC=N1. The summed E-state index contributed by atoms with van der Waals surface area (Å²) in [7, 11) is 0. The summed E-state index contributed by atoms with van der Waals surface area (Å²) in [6.45, 7) is 0. The number of hydrogen-bond donors (Lipinski definition) is 3. The van der Waals surface area contributed by atoms with Gasteiger partial charge in [-0.25, -0.2) is 14.8 Å². The van der Waals surface area contributed by atoms with Crippen molar-refractivity contribution < 1.29 is 9.90 Å². The van der Waals surface area contributed by atoms with Gasteiger partial charge in [-0.3, -0.25) is 11.1 Å². The summed E-state index contributed by atoms with van der Waals surface area (Å²) in [6.07, 6.45) is 1.41. The summed E-state index contributed by atoms with van der Waals surface area (Å²) in [4.78, 5) is 17.1. The maximum Gasteiger partial charge on any atom is 0.409 e. The predicted octanol–water partition coefficient (Wildman–Crippen LogP) is -1.02. The van der Waals surface area contributed by atoms with E-state index in [0.717, 1.165) is 0 Å². The van der Waals surface area contributed by atoms with E-state index in [4.69, 9.17) is 10.8 Å². The first-order valence-electron chi connectivity index (χ1n) is 2.51. The van der Waals surface area contributed by atoms with E-state index in [1.165, 1.54) is 12.4 Å². The Morgan fingerprint density at radius 2 is 2.10 bits per heavy atom. The zero-order valence-corrected chi connectivity index (χ0v) is 4.98. The van der Waals surface area contributed by atoms with E-state index in [1.807, 2.05) is 5.32 Å². The fourth-order valence-corrected chi connectivity index (χ4v) is 0.549. The molecule has 54 valence electrons. The molecule has 0 aromatic rings. The molecule has 1 rings (SSSR count). The first-order valence-corrected chi connectivity index (χ1v) is 2.51. The minimum absolute atomic E-state index is 1.25. The molecule has 0 fully saturated rings. The Hall–Kier alpha value is -1.43. The van der Waals surface area contributed by atoms with E-state index in [1.54, 1.807) is 0 Å². The van der Waals surface area contributed by atoms with E-state index in [2.05, 4.69) is 9.98 Å². The number of amides is 1. The van der Waals surface area contributed by atoms with Gasteiger partial charge in [-0.2, -0.15) is 0 Å². The molecular formula is C4H6N4O2. The van der Waals surface area contributed by atoms with Crippen LogP contribution in [-0.2, 0) is 0 Å². The van der Waals surface area contributed by atoms with Gasteiger partial charge >= 0.3 is 6.09 Å². The lowest BCUT2D eigenvalue weighted by Crippen LogP contribution is -2.51. The molecule has 0 spiro atoms. The topological polar surface area (TPSA) is 100 Å². The smallest absolute Gasteiger partial charge is 0.409 e. The summed E-state index contributed by atoms with van der Waals surface area (Å²) in [6, 6.07) is 0. The molecular weight excluding hydrogens is 136 g/mol. The minimum Gasteiger partial charge on any atom is -0.465 e. The standard InChI is InChI=1S/C4H6N4O2/c5-4(8-3(9)10)6-1-2-7-4/h1-2,8H,5H2,(H,9,10). The van der Waals surface area contributed by atoms with Crippen LogP contribution in [0.1, 0.15) is 0 Å². The number of hydrogen-bond acceptors (Lipinski definition) is 4. The molecule has 6 nitrogen and oxygen atoms in total. The van der Waals surface area contributed by atoms with E-state index in [9.17, 15) is 4.79 Å². The summed E-state index contributed by atoms with van der Waals surface area (Å²) in [5.41, 5.74) is 5.27. The minimum atomic E-state index is -1.49. The summed E-state index contributed by atoms with van der Waals surface area (Å²) in [5, 5.41) is 10.1. The predicted molar refractivity (Wildman–Crippen MR) is 35.1 cm³/mol. The van der Waals surface area contributed by atoms with Gasteiger partial charge in [-0.15, -0.1) is 0 Å². The number of carbonyl (C=O) groups is 1. The van der Waals surface area contributed by atoms with Gasteiger partial charge in [0, 0.05) is 12.4 Å². The maximum atomic E-state index is 10.0. The van der Waals surface area contributed by atoms with Crippen LogP contribution in [0.2, 0.25) is 0 Å². The van der Waals surface area contributed by atoms with E-state index >= 15 is 0 Å². The summed E-state index contributed by atoms with van der Waals surface area (Å²) < 4.78 is 0. The lowest BCUT2D eigenvalue weighted by Gasteiger charge is -2.15. The van der Waals surface area contributed by atoms with Gasteiger partial charge in [0.05, 0.1) is 0 Å². The number of nitrogens with two attached hydrogens (primary N) is 1. The summed E-state index contributed by atoms with van der Waals surface area (Å²) in [5.74, 6) is -1.49. The molecule has 0 saturated carbocycles. The van der Waals surface area contributed by atoms with Crippen molar-refractivity contribution in [3.05, 3.63) is 0 Å². The molecule has 0 aromatic carbocycles. The molecule has 0 aliphatic carbocycles. The Morgan fingerprint density at radius 1 is 1.60 bits per heavy atom. The molecule has 0 unspecified atom stereocenters. The van der Waals surface area contributed by atoms with Crippen LogP contribution >= 0.6 is 0 Å². The van der Waals surface area contributed by atoms with Crippen LogP contribution in [0.3, 0.4) is 0 Å². The average Bonchev–Trinajstić information content (AvgIpc) is 2.12. The first kappa shape index (κ1) is 6.69. The molecule has 0 saturated heterocycles. The fraction of sp³-hybridized carbons (Fsp3) is 0.250. The number of aliphatic imine (C=N–C) groups is 2. The Bertz CT molecular complexity index is 197. The van der Waals surface area contributed by atoms with Crippen LogP contribution in [0.25, 0.3) is 0 Å². The molecule has 6 heteroatoms. The van der Waals surface area contributed by atoms with Gasteiger partial charge in [-0.05, 0) is 0 Å². The second-order valence-electron chi connectivity index (χ2n) is 1.71. The van der Waals surface area contributed by atoms with Crippen molar-refractivity contribution in [2.45, 2.75) is 5.91 Å². The third-order valence-corrected chi connectivity index (χ3v) is 0.900. The maximum absolute atomic E-state index is 10.0. The van der Waals surface area contributed by atoms with Gasteiger partial charge in [0.1, 0.15) is 0 Å². The molecule has 0 radical (unpaired) electrons. The highest BCUT2D eigenvalue weighted by Gasteiger charge is 2.25. The number of nitrogens with one attached hydrogen (secondary N) is 1. The Kier molecular flexibility index (Phi) is 1.38. The number of carboxylic acid groups (broad SMARTS) is 1. The lowest BCUT2D eigenvalue weighted by atomic mass is 10.7. The van der Waals surface area contributed by atoms with Crippen molar-refractivity contribution in [1.29, 1.82) is 0 Å². The Balaban J connectivity index is 2.62. The van der Waals surface area contributed by atoms with Crippen molar-refractivity contribution in [3.63, 3.8) is 0 Å². The monoisotopic (exact) mass is 142 g/mol. The van der Waals surface area contributed by atoms with Crippen molar-refractivity contribution in [2.75, 3.05) is 0 Å². The van der Waals surface area contributed by atoms with Crippen molar-refractivity contribution in [2.24, 2.45) is 15.7 Å². The molecule has 4 N–H and O–H groups in total. The quantitative estimate of drug-likeness (QED) is 0.408. The van der Waals surface area contributed by atoms with E-state index in [0.29, 0.717) is 0 Å². The van der Waals surface area contributed by atoms with Crippen LogP contribution in [0.15, 0.2) is 9.98 Å². The van der Waals surface area contributed by atoms with Crippen molar-refractivity contribution in [3.8, 4) is 0 Å². The molecule has 1 heterocycles. The lowest BCUT2D eigenvalue weighted by molar-refractivity contribution is 0.181. The normalized spacial score (nSPS) is 19.3. The summed E-state index contributed by atoms with van der Waals surface area (Å²) >= 11 is 0. The number of nitrogens with zero attached hydrogens (tertiary/aromatic N) is 2. The van der Waals surface area contributed by atoms with Crippen LogP contribution in [-0.4, -0.2) is 29.5 Å². The van der Waals surface area contributed by atoms with Crippen LogP contribution in [0.5, 0.6) is 0 Å². The Morgan fingerprint density at radius 3 is 2.50 bits per heavy atom. The Labute approximate surface area is 56.5 Å². The van der Waals surface area contributed by atoms with Crippen LogP contribution in [0, 0.1) is 0 Å². The highest BCUT2D eigenvalue weighted by Crippen LogP contribution is 2.01. The van der Waals surface area contributed by atoms with E-state index in [-0.39, 0.29) is 0 Å². The number of rotatable bonds is 1. The zero-order valence-electron chi connectivity index (χ0n) is 4.98. The van der Waals surface area contributed by atoms with Crippen LogP contribution < -0.4 is 11.1 Å². The van der Waals surface area contributed by atoms with Crippen molar-refractivity contribution in [1.82, 2.24) is 5.32 Å². The molecule has 1 amide bonds.